The quantitative estimate of drug-likeness (QED) is 0.782. The van der Waals surface area contributed by atoms with Gasteiger partial charge in [-0.3, -0.25) is 9.69 Å². The van der Waals surface area contributed by atoms with Crippen LogP contribution in [-0.4, -0.2) is 51.9 Å². The van der Waals surface area contributed by atoms with Crippen LogP contribution in [-0.2, 0) is 10.0 Å². The van der Waals surface area contributed by atoms with Gasteiger partial charge in [0, 0.05) is 18.2 Å². The number of nitrogens with one attached hydrogen (secondary N) is 2. The van der Waals surface area contributed by atoms with Crippen molar-refractivity contribution in [1.82, 2.24) is 14.9 Å². The van der Waals surface area contributed by atoms with E-state index in [1.54, 1.807) is 0 Å². The highest BCUT2D eigenvalue weighted by atomic mass is 32.2. The zero-order chi connectivity index (χ0) is 16.9. The van der Waals surface area contributed by atoms with Gasteiger partial charge >= 0.3 is 0 Å². The van der Waals surface area contributed by atoms with E-state index < -0.39 is 10.0 Å². The third-order valence-electron chi connectivity index (χ3n) is 4.32. The topological polar surface area (TPSA) is 78.5 Å². The molecule has 1 heterocycles. The van der Waals surface area contributed by atoms with Crippen molar-refractivity contribution in [3.05, 3.63) is 29.8 Å². The average molecular weight is 339 g/mol. The van der Waals surface area contributed by atoms with Crippen LogP contribution in [0.3, 0.4) is 0 Å². The molecule has 1 amide bonds. The lowest BCUT2D eigenvalue weighted by molar-refractivity contribution is 0.0937. The van der Waals surface area contributed by atoms with Crippen molar-refractivity contribution in [2.24, 2.45) is 0 Å². The molecule has 0 aromatic heterocycles. The Morgan fingerprint density at radius 2 is 1.83 bits per heavy atom. The third kappa shape index (κ3) is 4.53. The molecule has 0 aliphatic carbocycles. The number of hydrogen-bond donors (Lipinski definition) is 2. The van der Waals surface area contributed by atoms with E-state index in [-0.39, 0.29) is 10.8 Å². The van der Waals surface area contributed by atoms with Crippen LogP contribution in [0.25, 0.3) is 0 Å². The van der Waals surface area contributed by atoms with E-state index >= 15 is 0 Å². The van der Waals surface area contributed by atoms with Crippen molar-refractivity contribution < 1.29 is 13.2 Å². The first-order valence-electron chi connectivity index (χ1n) is 8.03. The van der Waals surface area contributed by atoms with Crippen LogP contribution in [0.4, 0.5) is 0 Å². The second kappa shape index (κ2) is 7.90. The minimum Gasteiger partial charge on any atom is -0.350 e. The lowest BCUT2D eigenvalue weighted by Crippen LogP contribution is -2.42. The number of nitrogens with zero attached hydrogens (tertiary/aromatic N) is 1. The van der Waals surface area contributed by atoms with E-state index in [0.717, 1.165) is 19.5 Å². The number of sulfonamides is 1. The van der Waals surface area contributed by atoms with Gasteiger partial charge in [-0.05, 0) is 63.7 Å². The first kappa shape index (κ1) is 17.9. The number of hydrogen-bond acceptors (Lipinski definition) is 4. The molecule has 6 nitrogen and oxygen atoms in total. The summed E-state index contributed by atoms with van der Waals surface area (Å²) >= 11 is 0. The number of rotatable bonds is 7. The maximum Gasteiger partial charge on any atom is 0.251 e. The molecule has 1 fully saturated rings. The highest BCUT2D eigenvalue weighted by Crippen LogP contribution is 2.14. The fourth-order valence-corrected chi connectivity index (χ4v) is 3.58. The number of likely N-dealkylation sites (tertiary alicyclic amines) is 1. The van der Waals surface area contributed by atoms with Crippen LogP contribution in [0.2, 0.25) is 0 Å². The fourth-order valence-electron chi connectivity index (χ4n) is 2.85. The Morgan fingerprint density at radius 3 is 2.35 bits per heavy atom. The predicted octanol–water partition coefficient (Wildman–Crippen LogP) is 1.20. The van der Waals surface area contributed by atoms with Crippen LogP contribution in [0.5, 0.6) is 0 Å². The van der Waals surface area contributed by atoms with Crippen LogP contribution in [0.15, 0.2) is 29.2 Å². The Kier molecular flexibility index (Phi) is 6.15. The van der Waals surface area contributed by atoms with E-state index in [2.05, 4.69) is 21.9 Å². The van der Waals surface area contributed by atoms with Crippen LogP contribution >= 0.6 is 0 Å². The van der Waals surface area contributed by atoms with Gasteiger partial charge in [0.15, 0.2) is 0 Å². The van der Waals surface area contributed by atoms with E-state index in [9.17, 15) is 13.2 Å². The number of carbonyl (C=O) groups is 1. The summed E-state index contributed by atoms with van der Waals surface area (Å²) in [7, 11) is -2.11. The normalized spacial score (nSPS) is 17.1. The molecule has 0 saturated carbocycles. The molecule has 0 radical (unpaired) electrons. The summed E-state index contributed by atoms with van der Waals surface area (Å²) in [5.74, 6) is -0.170. The minimum atomic E-state index is -3.47. The maximum atomic E-state index is 12.2. The van der Waals surface area contributed by atoms with Crippen LogP contribution in [0.1, 0.15) is 36.5 Å². The Bertz CT molecular complexity index is 622. The molecular formula is C16H25N3O3S. The van der Waals surface area contributed by atoms with Crippen LogP contribution < -0.4 is 10.0 Å². The van der Waals surface area contributed by atoms with E-state index in [4.69, 9.17) is 0 Å². The fraction of sp³-hybridized carbons (Fsp3) is 0.562. The van der Waals surface area contributed by atoms with E-state index in [1.165, 1.54) is 44.2 Å². The van der Waals surface area contributed by atoms with Crippen LogP contribution in [0, 0.1) is 0 Å². The molecule has 2 rings (SSSR count). The number of amides is 1. The average Bonchev–Trinajstić information content (AvgIpc) is 3.09. The second-order valence-corrected chi connectivity index (χ2v) is 7.63. The zero-order valence-electron chi connectivity index (χ0n) is 13.7. The molecule has 1 aliphatic rings. The van der Waals surface area contributed by atoms with Crippen molar-refractivity contribution in [2.45, 2.75) is 37.1 Å². The molecular weight excluding hydrogens is 314 g/mol. The number of carbonyl (C=O) groups excluding carboxylic acids is 1. The third-order valence-corrected chi connectivity index (χ3v) is 5.75. The largest absolute Gasteiger partial charge is 0.350 e. The molecule has 1 unspecified atom stereocenters. The van der Waals surface area contributed by atoms with Gasteiger partial charge < -0.3 is 5.32 Å². The molecule has 1 aliphatic heterocycles. The molecule has 1 aromatic carbocycles. The summed E-state index contributed by atoms with van der Waals surface area (Å²) < 4.78 is 25.6. The van der Waals surface area contributed by atoms with Crippen molar-refractivity contribution in [3.8, 4) is 0 Å². The summed E-state index contributed by atoms with van der Waals surface area (Å²) in [6.45, 7) is 4.95. The predicted molar refractivity (Wildman–Crippen MR) is 89.9 cm³/mol. The zero-order valence-corrected chi connectivity index (χ0v) is 14.5. The summed E-state index contributed by atoms with van der Waals surface area (Å²) in [6, 6.07) is 6.33. The summed E-state index contributed by atoms with van der Waals surface area (Å²) in [6.07, 6.45) is 3.46. The van der Waals surface area contributed by atoms with Gasteiger partial charge in [-0.25, -0.2) is 13.1 Å². The van der Waals surface area contributed by atoms with E-state index in [1.807, 2.05) is 0 Å². The van der Waals surface area contributed by atoms with Crippen molar-refractivity contribution in [2.75, 3.05) is 26.7 Å². The SMILES string of the molecule is CCC(CNC(=O)c1ccc(S(=O)(=O)NC)cc1)N1CCCC1. The minimum absolute atomic E-state index is 0.153. The molecule has 23 heavy (non-hydrogen) atoms. The van der Waals surface area contributed by atoms with Crippen molar-refractivity contribution in [1.29, 1.82) is 0 Å². The summed E-state index contributed by atoms with van der Waals surface area (Å²) in [5.41, 5.74) is 0.469. The highest BCUT2D eigenvalue weighted by Gasteiger charge is 2.21. The Balaban J connectivity index is 1.95. The molecule has 1 atom stereocenters. The van der Waals surface area contributed by atoms with Gasteiger partial charge in [0.25, 0.3) is 5.91 Å². The Morgan fingerprint density at radius 1 is 1.22 bits per heavy atom. The molecule has 0 bridgehead atoms. The smallest absolute Gasteiger partial charge is 0.251 e. The first-order valence-corrected chi connectivity index (χ1v) is 9.52. The maximum absolute atomic E-state index is 12.2. The van der Waals surface area contributed by atoms with Gasteiger partial charge in [0.2, 0.25) is 10.0 Å². The number of benzene rings is 1. The molecule has 2 N–H and O–H groups in total. The second-order valence-electron chi connectivity index (χ2n) is 5.75. The molecule has 7 heteroatoms. The van der Waals surface area contributed by atoms with Crippen molar-refractivity contribution >= 4 is 15.9 Å². The van der Waals surface area contributed by atoms with Gasteiger partial charge in [-0.2, -0.15) is 0 Å². The van der Waals surface area contributed by atoms with Gasteiger partial charge in [0.05, 0.1) is 4.90 Å². The summed E-state index contributed by atoms with van der Waals surface area (Å²) in [5, 5.41) is 2.95. The lowest BCUT2D eigenvalue weighted by Gasteiger charge is -2.26. The van der Waals surface area contributed by atoms with E-state index in [0.29, 0.717) is 18.2 Å². The summed E-state index contributed by atoms with van der Waals surface area (Å²) in [4.78, 5) is 14.8. The lowest BCUT2D eigenvalue weighted by atomic mass is 10.1. The van der Waals surface area contributed by atoms with Gasteiger partial charge in [0.1, 0.15) is 0 Å². The monoisotopic (exact) mass is 339 g/mol. The standard InChI is InChI=1S/C16H25N3O3S/c1-3-14(19-10-4-5-11-19)12-18-16(20)13-6-8-15(9-7-13)23(21,22)17-2/h6-9,14,17H,3-5,10-12H2,1-2H3,(H,18,20). The van der Waals surface area contributed by atoms with Gasteiger partial charge in [-0.1, -0.05) is 6.92 Å². The van der Waals surface area contributed by atoms with Crippen molar-refractivity contribution in [3.63, 3.8) is 0 Å². The molecule has 1 saturated heterocycles. The molecule has 0 spiro atoms. The van der Waals surface area contributed by atoms with Gasteiger partial charge in [-0.15, -0.1) is 0 Å². The highest BCUT2D eigenvalue weighted by molar-refractivity contribution is 7.89. The Labute approximate surface area is 138 Å². The Hall–Kier alpha value is -1.44. The first-order chi connectivity index (χ1) is 11.0. The molecule has 128 valence electrons. The molecule has 1 aromatic rings.